The average molecular weight is 496 g/mol. The van der Waals surface area contributed by atoms with Crippen molar-refractivity contribution in [3.63, 3.8) is 0 Å². The number of hydrogen-bond acceptors (Lipinski definition) is 4. The van der Waals surface area contributed by atoms with Crippen LogP contribution in [-0.4, -0.2) is 42.0 Å². The monoisotopic (exact) mass is 496 g/mol. The van der Waals surface area contributed by atoms with E-state index in [0.717, 1.165) is 0 Å². The predicted molar refractivity (Wildman–Crippen MR) is 63.0 cm³/mol. The first-order valence-corrected chi connectivity index (χ1v) is 6.69. The molecular formula is C12H3F15O4. The summed E-state index contributed by atoms with van der Waals surface area (Å²) in [5, 5.41) is 9.37. The van der Waals surface area contributed by atoms with E-state index in [9.17, 15) is 71.0 Å². The van der Waals surface area contributed by atoms with Gasteiger partial charge in [-0.05, 0) is 12.1 Å². The van der Waals surface area contributed by atoms with E-state index in [-0.39, 0.29) is 0 Å². The second-order valence-corrected chi connectivity index (χ2v) is 5.09. The van der Waals surface area contributed by atoms with Gasteiger partial charge in [-0.2, -0.15) is 65.9 Å². The first-order chi connectivity index (χ1) is 13.4. The Kier molecular flexibility index (Phi) is 6.39. The number of phenolic OH excluding ortho intramolecular Hbond substituents is 1. The highest BCUT2D eigenvalue weighted by Gasteiger charge is 2.64. The zero-order valence-corrected chi connectivity index (χ0v) is 13.5. The van der Waals surface area contributed by atoms with Crippen molar-refractivity contribution in [1.82, 2.24) is 0 Å². The van der Waals surface area contributed by atoms with Gasteiger partial charge in [-0.25, -0.2) is 0 Å². The van der Waals surface area contributed by atoms with Crippen LogP contribution in [0.25, 0.3) is 0 Å². The molecule has 180 valence electrons. The third-order valence-corrected chi connectivity index (χ3v) is 2.75. The lowest BCUT2D eigenvalue weighted by molar-refractivity contribution is -0.368. The van der Waals surface area contributed by atoms with E-state index in [1.165, 1.54) is 0 Å². The Morgan fingerprint density at radius 2 is 0.774 bits per heavy atom. The number of phenols is 1. The lowest BCUT2D eigenvalue weighted by atomic mass is 10.2. The summed E-state index contributed by atoms with van der Waals surface area (Å²) < 4.78 is 196. The standard InChI is InChI=1S/C12H3F15O4/c13-7(14,15)10(22,23)29-3-1-2-4(30-11(24,25)8(16,17)18)6(5(3)28)31-12(26,27)9(19,20)21/h1-2,28H. The number of halogens is 15. The molecule has 0 radical (unpaired) electrons. The molecule has 0 atom stereocenters. The highest BCUT2D eigenvalue weighted by atomic mass is 19.4. The lowest BCUT2D eigenvalue weighted by Gasteiger charge is -2.26. The molecule has 1 N–H and O–H groups in total. The summed E-state index contributed by atoms with van der Waals surface area (Å²) in [4.78, 5) is 0. The Morgan fingerprint density at radius 3 is 1.13 bits per heavy atom. The van der Waals surface area contributed by atoms with Gasteiger partial charge in [0.05, 0.1) is 0 Å². The maximum Gasteiger partial charge on any atom is 0.499 e. The molecule has 4 nitrogen and oxygen atoms in total. The van der Waals surface area contributed by atoms with E-state index < -0.39 is 72.0 Å². The van der Waals surface area contributed by atoms with Gasteiger partial charge >= 0.3 is 36.9 Å². The third-order valence-electron chi connectivity index (χ3n) is 2.75. The molecule has 1 rings (SSSR count). The highest BCUT2D eigenvalue weighted by molar-refractivity contribution is 5.58. The van der Waals surface area contributed by atoms with E-state index in [2.05, 4.69) is 14.2 Å². The number of rotatable bonds is 6. The van der Waals surface area contributed by atoms with Crippen molar-refractivity contribution >= 4 is 0 Å². The molecule has 0 aromatic heterocycles. The van der Waals surface area contributed by atoms with Crippen LogP contribution in [0.5, 0.6) is 23.0 Å². The van der Waals surface area contributed by atoms with Crippen molar-refractivity contribution in [3.05, 3.63) is 12.1 Å². The quantitative estimate of drug-likeness (QED) is 0.492. The van der Waals surface area contributed by atoms with Gasteiger partial charge in [0.25, 0.3) is 0 Å². The van der Waals surface area contributed by atoms with E-state index >= 15 is 0 Å². The number of ether oxygens (including phenoxy) is 3. The molecule has 31 heavy (non-hydrogen) atoms. The van der Waals surface area contributed by atoms with Crippen LogP contribution < -0.4 is 14.2 Å². The van der Waals surface area contributed by atoms with Crippen LogP contribution in [0.3, 0.4) is 0 Å². The molecule has 0 heterocycles. The zero-order chi connectivity index (χ0) is 24.8. The zero-order valence-electron chi connectivity index (χ0n) is 13.5. The van der Waals surface area contributed by atoms with Crippen molar-refractivity contribution in [3.8, 4) is 23.0 Å². The molecule has 0 fully saturated rings. The maximum absolute atomic E-state index is 13.0. The van der Waals surface area contributed by atoms with Gasteiger partial charge in [0.1, 0.15) is 0 Å². The SMILES string of the molecule is Oc1c(OC(F)(F)C(F)(F)F)ccc(OC(F)(F)C(F)(F)F)c1OC(F)(F)C(F)(F)F. The molecule has 0 saturated heterocycles. The van der Waals surface area contributed by atoms with E-state index in [0.29, 0.717) is 0 Å². The molecule has 0 aliphatic rings. The number of alkyl halides is 15. The van der Waals surface area contributed by atoms with E-state index in [1.54, 1.807) is 0 Å². The fourth-order valence-corrected chi connectivity index (χ4v) is 1.37. The Hall–Kier alpha value is -2.63. The van der Waals surface area contributed by atoms with Crippen molar-refractivity contribution in [2.45, 2.75) is 36.9 Å². The van der Waals surface area contributed by atoms with Gasteiger partial charge in [0.2, 0.25) is 11.5 Å². The number of aromatic hydroxyl groups is 1. The van der Waals surface area contributed by atoms with Crippen molar-refractivity contribution in [2.24, 2.45) is 0 Å². The van der Waals surface area contributed by atoms with Gasteiger partial charge in [-0.15, -0.1) is 0 Å². The fourth-order valence-electron chi connectivity index (χ4n) is 1.37. The van der Waals surface area contributed by atoms with Crippen LogP contribution in [0.4, 0.5) is 65.9 Å². The normalized spacial score (nSPS) is 14.4. The second-order valence-electron chi connectivity index (χ2n) is 5.09. The summed E-state index contributed by atoms with van der Waals surface area (Å²) in [6.07, 6.45) is -39.0. The molecule has 1 aromatic carbocycles. The van der Waals surface area contributed by atoms with Crippen LogP contribution in [0.1, 0.15) is 0 Å². The number of benzene rings is 1. The molecule has 0 aliphatic carbocycles. The van der Waals surface area contributed by atoms with Crippen LogP contribution >= 0.6 is 0 Å². The van der Waals surface area contributed by atoms with Crippen molar-refractivity contribution < 1.29 is 85.2 Å². The minimum absolute atomic E-state index is 0.435. The summed E-state index contributed by atoms with van der Waals surface area (Å²) >= 11 is 0. The Labute approximate surface area is 158 Å². The van der Waals surface area contributed by atoms with Crippen LogP contribution in [-0.2, 0) is 0 Å². The van der Waals surface area contributed by atoms with Crippen molar-refractivity contribution in [2.75, 3.05) is 0 Å². The molecule has 1 aromatic rings. The minimum Gasteiger partial charge on any atom is -0.502 e. The Balaban J connectivity index is 3.61. The maximum atomic E-state index is 13.0. The number of hydrogen-bond donors (Lipinski definition) is 1. The Bertz CT molecular complexity index is 793. The summed E-state index contributed by atoms with van der Waals surface area (Å²) in [7, 11) is 0. The average Bonchev–Trinajstić information content (AvgIpc) is 2.50. The van der Waals surface area contributed by atoms with Crippen LogP contribution in [0.15, 0.2) is 12.1 Å². The molecule has 19 heteroatoms. The van der Waals surface area contributed by atoms with E-state index in [1.807, 2.05) is 0 Å². The predicted octanol–water partition coefficient (Wildman–Crippen LogP) is 5.99. The molecule has 0 unspecified atom stereocenters. The first-order valence-electron chi connectivity index (χ1n) is 6.69. The van der Waals surface area contributed by atoms with Crippen LogP contribution in [0.2, 0.25) is 0 Å². The summed E-state index contributed by atoms with van der Waals surface area (Å²) in [6.45, 7) is 0. The third kappa shape index (κ3) is 5.54. The molecule has 0 spiro atoms. The lowest BCUT2D eigenvalue weighted by Crippen LogP contribution is -2.44. The van der Waals surface area contributed by atoms with Gasteiger partial charge in [-0.3, -0.25) is 0 Å². The fraction of sp³-hybridized carbons (Fsp3) is 0.500. The topological polar surface area (TPSA) is 47.9 Å². The smallest absolute Gasteiger partial charge is 0.499 e. The summed E-state index contributed by atoms with van der Waals surface area (Å²) in [6, 6.07) is -0.974. The Morgan fingerprint density at radius 1 is 0.484 bits per heavy atom. The van der Waals surface area contributed by atoms with Crippen LogP contribution in [0, 0.1) is 0 Å². The van der Waals surface area contributed by atoms with Crippen molar-refractivity contribution in [1.29, 1.82) is 0 Å². The van der Waals surface area contributed by atoms with Gasteiger partial charge in [0.15, 0.2) is 11.5 Å². The molecule has 0 amide bonds. The second kappa shape index (κ2) is 7.50. The molecular weight excluding hydrogens is 493 g/mol. The van der Waals surface area contributed by atoms with Gasteiger partial charge in [0, 0.05) is 0 Å². The van der Waals surface area contributed by atoms with Gasteiger partial charge < -0.3 is 19.3 Å². The van der Waals surface area contributed by atoms with Gasteiger partial charge in [-0.1, -0.05) is 0 Å². The highest BCUT2D eigenvalue weighted by Crippen LogP contribution is 2.52. The summed E-state index contributed by atoms with van der Waals surface area (Å²) in [5.41, 5.74) is 0. The molecule has 0 saturated carbocycles. The molecule has 0 aliphatic heterocycles. The molecule has 0 bridgehead atoms. The van der Waals surface area contributed by atoms with E-state index in [4.69, 9.17) is 0 Å². The first kappa shape index (κ1) is 26.4. The largest absolute Gasteiger partial charge is 0.502 e. The summed E-state index contributed by atoms with van der Waals surface area (Å²) in [5.74, 6) is -10.3. The minimum atomic E-state index is -6.74.